The van der Waals surface area contributed by atoms with Crippen LogP contribution in [-0.2, 0) is 4.79 Å². The molecule has 2 N–H and O–H groups in total. The number of carbonyl (C=O) groups excluding carboxylic acids is 2. The van der Waals surface area contributed by atoms with E-state index in [2.05, 4.69) is 15.6 Å². The minimum absolute atomic E-state index is 0.278. The molecule has 4 aromatic rings. The fourth-order valence-corrected chi connectivity index (χ4v) is 3.48. The average Bonchev–Trinajstić information content (AvgIpc) is 3.31. The Balaban J connectivity index is 1.38. The van der Waals surface area contributed by atoms with E-state index < -0.39 is 6.04 Å². The van der Waals surface area contributed by atoms with Gasteiger partial charge in [0.05, 0.1) is 5.69 Å². The average molecular weight is 390 g/mol. The molecule has 2 amide bonds. The van der Waals surface area contributed by atoms with Gasteiger partial charge in [0, 0.05) is 34.6 Å². The monoisotopic (exact) mass is 390 g/mol. The summed E-state index contributed by atoms with van der Waals surface area (Å²) in [5, 5.41) is 7.51. The number of aromatic nitrogens is 2. The van der Waals surface area contributed by atoms with E-state index in [-0.39, 0.29) is 11.8 Å². The van der Waals surface area contributed by atoms with Crippen LogP contribution in [0.3, 0.4) is 0 Å². The van der Waals surface area contributed by atoms with Gasteiger partial charge in [0.25, 0.3) is 5.91 Å². The van der Waals surface area contributed by atoms with Gasteiger partial charge in [0.1, 0.15) is 6.04 Å². The minimum atomic E-state index is -0.660. The Labute approximate surface area is 165 Å². The molecule has 0 bridgehead atoms. The first-order valence-corrected chi connectivity index (χ1v) is 9.67. The summed E-state index contributed by atoms with van der Waals surface area (Å²) in [4.78, 5) is 30.1. The summed E-state index contributed by atoms with van der Waals surface area (Å²) in [6, 6.07) is 15.6. The van der Waals surface area contributed by atoms with Gasteiger partial charge in [-0.05, 0) is 31.2 Å². The molecule has 7 heteroatoms. The Hall–Kier alpha value is -3.45. The number of fused-ring (bicyclic) bond motifs is 1. The zero-order valence-electron chi connectivity index (χ0n) is 15.1. The molecule has 2 heterocycles. The van der Waals surface area contributed by atoms with Crippen molar-refractivity contribution < 1.29 is 9.59 Å². The number of rotatable bonds is 5. The maximum Gasteiger partial charge on any atom is 0.251 e. The van der Waals surface area contributed by atoms with E-state index in [0.29, 0.717) is 11.3 Å². The number of imidazole rings is 1. The molecule has 28 heavy (non-hydrogen) atoms. The second kappa shape index (κ2) is 7.66. The number of hydrogen-bond donors (Lipinski definition) is 2. The number of nitrogens with zero attached hydrogens (tertiary/aromatic N) is 2. The zero-order chi connectivity index (χ0) is 19.5. The first-order valence-electron chi connectivity index (χ1n) is 8.79. The van der Waals surface area contributed by atoms with Crippen LogP contribution in [0, 0.1) is 0 Å². The third-order valence-corrected chi connectivity index (χ3v) is 5.09. The molecular formula is C21H18N4O2S. The van der Waals surface area contributed by atoms with Crippen molar-refractivity contribution in [3.8, 4) is 11.3 Å². The van der Waals surface area contributed by atoms with Crippen LogP contribution in [0.4, 0.5) is 5.69 Å². The Morgan fingerprint density at radius 2 is 1.82 bits per heavy atom. The number of thiazole rings is 1. The quantitative estimate of drug-likeness (QED) is 0.544. The second-order valence-electron chi connectivity index (χ2n) is 6.35. The number of carbonyl (C=O) groups is 2. The van der Waals surface area contributed by atoms with E-state index in [1.54, 1.807) is 42.5 Å². The smallest absolute Gasteiger partial charge is 0.251 e. The van der Waals surface area contributed by atoms with Gasteiger partial charge in [-0.2, -0.15) is 0 Å². The van der Waals surface area contributed by atoms with Crippen LogP contribution in [0.1, 0.15) is 17.3 Å². The molecule has 140 valence electrons. The van der Waals surface area contributed by atoms with Crippen molar-refractivity contribution in [3.05, 3.63) is 77.9 Å². The standard InChI is InChI=1S/C21H18N4O2S/c1-14(22-20(27)16-5-3-2-4-6-16)19(26)23-17-9-7-15(8-10-17)18-13-25-11-12-28-21(25)24-18/h2-14H,1H3,(H,22,27)(H,23,26)/t14-/m1/s1. The van der Waals surface area contributed by atoms with E-state index in [4.69, 9.17) is 0 Å². The Morgan fingerprint density at radius 1 is 1.07 bits per heavy atom. The molecule has 2 aromatic carbocycles. The molecule has 6 nitrogen and oxygen atoms in total. The van der Waals surface area contributed by atoms with Gasteiger partial charge in [0.15, 0.2) is 4.96 Å². The van der Waals surface area contributed by atoms with Crippen LogP contribution in [0.25, 0.3) is 16.2 Å². The van der Waals surface area contributed by atoms with Crippen molar-refractivity contribution in [2.75, 3.05) is 5.32 Å². The van der Waals surface area contributed by atoms with E-state index in [9.17, 15) is 9.59 Å². The molecule has 0 aliphatic rings. The largest absolute Gasteiger partial charge is 0.341 e. The van der Waals surface area contributed by atoms with E-state index >= 15 is 0 Å². The molecule has 0 aliphatic carbocycles. The summed E-state index contributed by atoms with van der Waals surface area (Å²) in [5.74, 6) is -0.558. The summed E-state index contributed by atoms with van der Waals surface area (Å²) < 4.78 is 1.98. The lowest BCUT2D eigenvalue weighted by Crippen LogP contribution is -2.41. The van der Waals surface area contributed by atoms with Crippen LogP contribution < -0.4 is 10.6 Å². The molecule has 0 radical (unpaired) electrons. The van der Waals surface area contributed by atoms with Crippen molar-refractivity contribution in [2.24, 2.45) is 0 Å². The summed E-state index contributed by atoms with van der Waals surface area (Å²) in [7, 11) is 0. The normalized spacial score (nSPS) is 11.9. The van der Waals surface area contributed by atoms with E-state index in [0.717, 1.165) is 16.2 Å². The highest BCUT2D eigenvalue weighted by Gasteiger charge is 2.16. The highest BCUT2D eigenvalue weighted by atomic mass is 32.1. The van der Waals surface area contributed by atoms with Crippen molar-refractivity contribution in [3.63, 3.8) is 0 Å². The second-order valence-corrected chi connectivity index (χ2v) is 7.22. The lowest BCUT2D eigenvalue weighted by molar-refractivity contribution is -0.117. The van der Waals surface area contributed by atoms with Gasteiger partial charge < -0.3 is 10.6 Å². The van der Waals surface area contributed by atoms with Crippen LogP contribution in [0.15, 0.2) is 72.4 Å². The van der Waals surface area contributed by atoms with Crippen molar-refractivity contribution in [2.45, 2.75) is 13.0 Å². The minimum Gasteiger partial charge on any atom is -0.341 e. The predicted molar refractivity (Wildman–Crippen MR) is 111 cm³/mol. The highest BCUT2D eigenvalue weighted by molar-refractivity contribution is 7.15. The number of nitrogens with one attached hydrogen (secondary N) is 2. The fourth-order valence-electron chi connectivity index (χ4n) is 2.78. The summed E-state index contributed by atoms with van der Waals surface area (Å²) in [6.07, 6.45) is 3.94. The maximum atomic E-state index is 12.4. The van der Waals surface area contributed by atoms with Gasteiger partial charge in [-0.3, -0.25) is 14.0 Å². The van der Waals surface area contributed by atoms with Gasteiger partial charge in [-0.1, -0.05) is 30.3 Å². The van der Waals surface area contributed by atoms with Crippen molar-refractivity contribution in [1.29, 1.82) is 0 Å². The van der Waals surface area contributed by atoms with Gasteiger partial charge in [-0.25, -0.2) is 4.98 Å². The third-order valence-electron chi connectivity index (χ3n) is 4.32. The van der Waals surface area contributed by atoms with Crippen LogP contribution in [0.2, 0.25) is 0 Å². The lowest BCUT2D eigenvalue weighted by atomic mass is 10.1. The highest BCUT2D eigenvalue weighted by Crippen LogP contribution is 2.23. The van der Waals surface area contributed by atoms with E-state index in [1.807, 2.05) is 52.5 Å². The summed E-state index contributed by atoms with van der Waals surface area (Å²) >= 11 is 1.58. The Bertz CT molecular complexity index is 1090. The molecule has 4 rings (SSSR count). The zero-order valence-corrected chi connectivity index (χ0v) is 15.9. The fraction of sp³-hybridized carbons (Fsp3) is 0.0952. The molecule has 0 fully saturated rings. The molecule has 0 unspecified atom stereocenters. The molecule has 0 spiro atoms. The molecule has 2 aromatic heterocycles. The van der Waals surface area contributed by atoms with Gasteiger partial charge >= 0.3 is 0 Å². The van der Waals surface area contributed by atoms with Crippen LogP contribution in [-0.4, -0.2) is 27.2 Å². The molecule has 1 atom stereocenters. The van der Waals surface area contributed by atoms with Gasteiger partial charge in [0.2, 0.25) is 5.91 Å². The Kier molecular flexibility index (Phi) is 4.90. The molecule has 0 aliphatic heterocycles. The van der Waals surface area contributed by atoms with E-state index in [1.165, 1.54) is 0 Å². The molecular weight excluding hydrogens is 372 g/mol. The summed E-state index contributed by atoms with van der Waals surface area (Å²) in [6.45, 7) is 1.66. The lowest BCUT2D eigenvalue weighted by Gasteiger charge is -2.14. The number of hydrogen-bond acceptors (Lipinski definition) is 4. The number of benzene rings is 2. The Morgan fingerprint density at radius 3 is 2.54 bits per heavy atom. The maximum absolute atomic E-state index is 12.4. The summed E-state index contributed by atoms with van der Waals surface area (Å²) in [5.41, 5.74) is 3.04. The van der Waals surface area contributed by atoms with Crippen LogP contribution >= 0.6 is 11.3 Å². The molecule has 0 saturated carbocycles. The number of amides is 2. The van der Waals surface area contributed by atoms with Crippen LogP contribution in [0.5, 0.6) is 0 Å². The van der Waals surface area contributed by atoms with Crippen molar-refractivity contribution in [1.82, 2.24) is 14.7 Å². The first-order chi connectivity index (χ1) is 13.6. The first kappa shape index (κ1) is 17.9. The molecule has 0 saturated heterocycles. The number of anilines is 1. The topological polar surface area (TPSA) is 75.5 Å². The predicted octanol–water partition coefficient (Wildman–Crippen LogP) is 3.82. The SMILES string of the molecule is C[C@@H](NC(=O)c1ccccc1)C(=O)Nc1ccc(-c2cn3ccsc3n2)cc1. The van der Waals surface area contributed by atoms with Gasteiger partial charge in [-0.15, -0.1) is 11.3 Å². The van der Waals surface area contributed by atoms with Crippen molar-refractivity contribution >= 4 is 33.8 Å². The third kappa shape index (κ3) is 3.79.